The summed E-state index contributed by atoms with van der Waals surface area (Å²) in [5, 5.41) is 0.0520. The molecule has 0 heterocycles. The normalized spacial score (nSPS) is 12.9. The van der Waals surface area contributed by atoms with Gasteiger partial charge < -0.3 is 5.73 Å². The average molecular weight is 170 g/mol. The Bertz CT molecular complexity index is 235. The minimum absolute atomic E-state index is 0.0520. The number of nitrogens with two attached hydrogens (primary N) is 1. The van der Waals surface area contributed by atoms with E-state index >= 15 is 0 Å². The van der Waals surface area contributed by atoms with Crippen LogP contribution in [0.1, 0.15) is 24.3 Å². The number of halogens is 1. The van der Waals surface area contributed by atoms with E-state index in [0.717, 1.165) is 17.7 Å². The highest BCUT2D eigenvalue weighted by Gasteiger charge is 2.06. The fourth-order valence-electron chi connectivity index (χ4n) is 1.02. The number of hydrogen-bond acceptors (Lipinski definition) is 1. The highest BCUT2D eigenvalue weighted by molar-refractivity contribution is 6.21. The lowest BCUT2D eigenvalue weighted by Gasteiger charge is -2.08. The van der Waals surface area contributed by atoms with Crippen molar-refractivity contribution >= 4 is 17.3 Å². The first kappa shape index (κ1) is 8.41. The first-order valence-corrected chi connectivity index (χ1v) is 4.17. The second kappa shape index (κ2) is 3.63. The van der Waals surface area contributed by atoms with Gasteiger partial charge in [0, 0.05) is 5.69 Å². The van der Waals surface area contributed by atoms with Crippen LogP contribution >= 0.6 is 11.6 Å². The maximum atomic E-state index is 6.02. The van der Waals surface area contributed by atoms with Crippen LogP contribution in [0, 0.1) is 0 Å². The molecule has 2 N–H and O–H groups in total. The zero-order chi connectivity index (χ0) is 8.27. The molecule has 0 saturated carbocycles. The Kier molecular flexibility index (Phi) is 2.77. The molecule has 0 aliphatic carbocycles. The lowest BCUT2D eigenvalue weighted by atomic mass is 10.1. The Hall–Kier alpha value is -0.690. The van der Waals surface area contributed by atoms with E-state index in [-0.39, 0.29) is 5.38 Å². The zero-order valence-corrected chi connectivity index (χ0v) is 7.31. The lowest BCUT2D eigenvalue weighted by molar-refractivity contribution is 0.886. The van der Waals surface area contributed by atoms with Crippen LogP contribution in [0.2, 0.25) is 0 Å². The minimum Gasteiger partial charge on any atom is -0.398 e. The van der Waals surface area contributed by atoms with Crippen molar-refractivity contribution in [3.05, 3.63) is 29.8 Å². The van der Waals surface area contributed by atoms with Crippen molar-refractivity contribution in [2.24, 2.45) is 0 Å². The van der Waals surface area contributed by atoms with Crippen molar-refractivity contribution in [3.63, 3.8) is 0 Å². The van der Waals surface area contributed by atoms with Crippen LogP contribution in [-0.2, 0) is 0 Å². The molecule has 2 heteroatoms. The van der Waals surface area contributed by atoms with Gasteiger partial charge in [-0.3, -0.25) is 0 Å². The second-order valence-electron chi connectivity index (χ2n) is 2.50. The van der Waals surface area contributed by atoms with Crippen LogP contribution in [-0.4, -0.2) is 0 Å². The van der Waals surface area contributed by atoms with Crippen LogP contribution < -0.4 is 5.73 Å². The third-order valence-electron chi connectivity index (χ3n) is 1.69. The molecule has 1 rings (SSSR count). The first-order valence-electron chi connectivity index (χ1n) is 3.74. The van der Waals surface area contributed by atoms with E-state index in [9.17, 15) is 0 Å². The molecular formula is C9H12ClN. The van der Waals surface area contributed by atoms with E-state index < -0.39 is 0 Å². The Balaban J connectivity index is 2.93. The maximum Gasteiger partial charge on any atom is 0.0602 e. The van der Waals surface area contributed by atoms with Crippen molar-refractivity contribution in [3.8, 4) is 0 Å². The number of alkyl halides is 1. The zero-order valence-electron chi connectivity index (χ0n) is 6.55. The Morgan fingerprint density at radius 3 is 2.64 bits per heavy atom. The van der Waals surface area contributed by atoms with Crippen molar-refractivity contribution in [2.75, 3.05) is 5.73 Å². The van der Waals surface area contributed by atoms with Crippen LogP contribution in [0.5, 0.6) is 0 Å². The van der Waals surface area contributed by atoms with Gasteiger partial charge in [0.2, 0.25) is 0 Å². The summed E-state index contributed by atoms with van der Waals surface area (Å²) in [4.78, 5) is 0. The molecule has 1 aromatic rings. The largest absolute Gasteiger partial charge is 0.398 e. The third kappa shape index (κ3) is 1.87. The summed E-state index contributed by atoms with van der Waals surface area (Å²) in [7, 11) is 0. The SMILES string of the molecule is CCC(Cl)c1ccccc1N. The van der Waals surface area contributed by atoms with Crippen molar-refractivity contribution in [1.82, 2.24) is 0 Å². The molecule has 0 spiro atoms. The van der Waals surface area contributed by atoms with Crippen molar-refractivity contribution in [2.45, 2.75) is 18.7 Å². The molecule has 11 heavy (non-hydrogen) atoms. The Morgan fingerprint density at radius 2 is 2.09 bits per heavy atom. The third-order valence-corrected chi connectivity index (χ3v) is 2.24. The fourth-order valence-corrected chi connectivity index (χ4v) is 1.21. The number of nitrogen functional groups attached to an aromatic ring is 1. The smallest absolute Gasteiger partial charge is 0.0602 e. The molecule has 0 saturated heterocycles. The van der Waals surface area contributed by atoms with Gasteiger partial charge in [-0.15, -0.1) is 11.6 Å². The van der Waals surface area contributed by atoms with Crippen molar-refractivity contribution < 1.29 is 0 Å². The van der Waals surface area contributed by atoms with Gasteiger partial charge in [0.15, 0.2) is 0 Å². The van der Waals surface area contributed by atoms with E-state index in [0.29, 0.717) is 0 Å². The van der Waals surface area contributed by atoms with Gasteiger partial charge in [0.05, 0.1) is 5.38 Å². The average Bonchev–Trinajstić information content (AvgIpc) is 2.04. The van der Waals surface area contributed by atoms with Gasteiger partial charge >= 0.3 is 0 Å². The Labute approximate surface area is 72.2 Å². The Morgan fingerprint density at radius 1 is 1.45 bits per heavy atom. The van der Waals surface area contributed by atoms with E-state index in [1.165, 1.54) is 0 Å². The molecule has 1 nitrogen and oxygen atoms in total. The standard InChI is InChI=1S/C9H12ClN/c1-2-8(10)7-5-3-4-6-9(7)11/h3-6,8H,2,11H2,1H3. The number of hydrogen-bond donors (Lipinski definition) is 1. The van der Waals surface area contributed by atoms with E-state index in [1.807, 2.05) is 31.2 Å². The van der Waals surface area contributed by atoms with Gasteiger partial charge in [0.1, 0.15) is 0 Å². The number of rotatable bonds is 2. The topological polar surface area (TPSA) is 26.0 Å². The monoisotopic (exact) mass is 169 g/mol. The molecule has 1 aromatic carbocycles. The predicted octanol–water partition coefficient (Wildman–Crippen LogP) is 2.96. The van der Waals surface area contributed by atoms with Gasteiger partial charge in [0.25, 0.3) is 0 Å². The van der Waals surface area contributed by atoms with Gasteiger partial charge in [-0.25, -0.2) is 0 Å². The molecule has 0 aliphatic rings. The molecule has 0 bridgehead atoms. The highest BCUT2D eigenvalue weighted by Crippen LogP contribution is 2.27. The summed E-state index contributed by atoms with van der Waals surface area (Å²) in [5.74, 6) is 0. The van der Waals surface area contributed by atoms with E-state index in [2.05, 4.69) is 0 Å². The van der Waals surface area contributed by atoms with E-state index in [1.54, 1.807) is 0 Å². The van der Waals surface area contributed by atoms with Gasteiger partial charge in [-0.2, -0.15) is 0 Å². The fraction of sp³-hybridized carbons (Fsp3) is 0.333. The maximum absolute atomic E-state index is 6.02. The van der Waals surface area contributed by atoms with Crippen LogP contribution in [0.3, 0.4) is 0 Å². The second-order valence-corrected chi connectivity index (χ2v) is 3.03. The van der Waals surface area contributed by atoms with E-state index in [4.69, 9.17) is 17.3 Å². The number of benzene rings is 1. The molecule has 1 atom stereocenters. The molecule has 1 unspecified atom stereocenters. The number of anilines is 1. The summed E-state index contributed by atoms with van der Waals surface area (Å²) in [5.41, 5.74) is 7.54. The molecule has 0 aromatic heterocycles. The highest BCUT2D eigenvalue weighted by atomic mass is 35.5. The molecule has 0 fully saturated rings. The van der Waals surface area contributed by atoms with Gasteiger partial charge in [-0.1, -0.05) is 25.1 Å². The van der Waals surface area contributed by atoms with Gasteiger partial charge in [-0.05, 0) is 18.1 Å². The van der Waals surface area contributed by atoms with Crippen LogP contribution in [0.25, 0.3) is 0 Å². The lowest BCUT2D eigenvalue weighted by Crippen LogP contribution is -1.95. The predicted molar refractivity (Wildman–Crippen MR) is 49.7 cm³/mol. The summed E-state index contributed by atoms with van der Waals surface area (Å²) in [6.45, 7) is 2.05. The molecular weight excluding hydrogens is 158 g/mol. The molecule has 0 radical (unpaired) electrons. The van der Waals surface area contributed by atoms with Crippen LogP contribution in [0.4, 0.5) is 5.69 Å². The minimum atomic E-state index is 0.0520. The van der Waals surface area contributed by atoms with Crippen LogP contribution in [0.15, 0.2) is 24.3 Å². The summed E-state index contributed by atoms with van der Waals surface area (Å²) < 4.78 is 0. The number of para-hydroxylation sites is 1. The molecule has 60 valence electrons. The first-order chi connectivity index (χ1) is 5.25. The molecule has 0 amide bonds. The van der Waals surface area contributed by atoms with Crippen molar-refractivity contribution in [1.29, 1.82) is 0 Å². The molecule has 0 aliphatic heterocycles. The quantitative estimate of drug-likeness (QED) is 0.535. The summed E-state index contributed by atoms with van der Waals surface area (Å²) >= 11 is 6.02. The summed E-state index contributed by atoms with van der Waals surface area (Å²) in [6.07, 6.45) is 0.912. The summed E-state index contributed by atoms with van der Waals surface area (Å²) in [6, 6.07) is 7.71.